The van der Waals surface area contributed by atoms with Gasteiger partial charge in [0.1, 0.15) is 11.6 Å². The number of para-hydroxylation sites is 1. The second-order valence-electron chi connectivity index (χ2n) is 7.66. The number of hydrogen-bond acceptors (Lipinski definition) is 5. The Balaban J connectivity index is 1.47. The monoisotopic (exact) mass is 487 g/mol. The first-order valence-corrected chi connectivity index (χ1v) is 12.0. The quantitative estimate of drug-likeness (QED) is 0.275. The molecule has 0 radical (unpaired) electrons. The zero-order valence-corrected chi connectivity index (χ0v) is 19.7. The van der Waals surface area contributed by atoms with Gasteiger partial charge in [-0.25, -0.2) is 4.39 Å². The van der Waals surface area contributed by atoms with Crippen LogP contribution in [0.2, 0.25) is 0 Å². The van der Waals surface area contributed by atoms with Crippen molar-refractivity contribution in [3.8, 4) is 22.8 Å². The van der Waals surface area contributed by atoms with Crippen LogP contribution in [0.3, 0.4) is 0 Å². The summed E-state index contributed by atoms with van der Waals surface area (Å²) in [6, 6.07) is 21.4. The standard InChI is InChI=1S/C26H22FN5O2S/c1-2-34-20-12-10-19(11-13-20)32-25(22-15-28-23-9-4-3-8-21(22)23)30-31-26(32)35-16-24(33)29-18-7-5-6-17(27)14-18/h3-15,28H,2,16H2,1H3,(H,29,33). The number of rotatable bonds is 8. The number of ether oxygens (including phenoxy) is 1. The molecule has 2 heterocycles. The van der Waals surface area contributed by atoms with Crippen molar-refractivity contribution in [3.05, 3.63) is 84.8 Å². The summed E-state index contributed by atoms with van der Waals surface area (Å²) in [7, 11) is 0. The Morgan fingerprint density at radius 1 is 1.09 bits per heavy atom. The van der Waals surface area contributed by atoms with Gasteiger partial charge in [-0.3, -0.25) is 9.36 Å². The first kappa shape index (κ1) is 22.7. The molecule has 2 aromatic heterocycles. The minimum absolute atomic E-state index is 0.0829. The SMILES string of the molecule is CCOc1ccc(-n2c(SCC(=O)Nc3cccc(F)c3)nnc2-c2c[nH]c3ccccc23)cc1. The molecule has 1 amide bonds. The molecule has 0 saturated carbocycles. The van der Waals surface area contributed by atoms with Crippen molar-refractivity contribution < 1.29 is 13.9 Å². The summed E-state index contributed by atoms with van der Waals surface area (Å²) in [6.45, 7) is 2.51. The Morgan fingerprint density at radius 3 is 2.71 bits per heavy atom. The minimum atomic E-state index is -0.408. The van der Waals surface area contributed by atoms with E-state index in [4.69, 9.17) is 4.74 Å². The van der Waals surface area contributed by atoms with Gasteiger partial charge in [-0.2, -0.15) is 0 Å². The molecule has 0 fully saturated rings. The van der Waals surface area contributed by atoms with Crippen LogP contribution in [0.15, 0.2) is 84.1 Å². The molecule has 176 valence electrons. The van der Waals surface area contributed by atoms with Crippen molar-refractivity contribution in [2.45, 2.75) is 12.1 Å². The zero-order chi connectivity index (χ0) is 24.2. The highest BCUT2D eigenvalue weighted by molar-refractivity contribution is 7.99. The lowest BCUT2D eigenvalue weighted by molar-refractivity contribution is -0.113. The maximum atomic E-state index is 13.4. The van der Waals surface area contributed by atoms with Crippen molar-refractivity contribution in [1.82, 2.24) is 19.7 Å². The fourth-order valence-corrected chi connectivity index (χ4v) is 4.53. The highest BCUT2D eigenvalue weighted by Gasteiger charge is 2.20. The number of nitrogens with one attached hydrogen (secondary N) is 2. The van der Waals surface area contributed by atoms with Crippen LogP contribution < -0.4 is 10.1 Å². The largest absolute Gasteiger partial charge is 0.494 e. The van der Waals surface area contributed by atoms with Crippen molar-refractivity contribution in [1.29, 1.82) is 0 Å². The summed E-state index contributed by atoms with van der Waals surface area (Å²) in [5.41, 5.74) is 3.14. The second kappa shape index (κ2) is 10.0. The predicted molar refractivity (Wildman–Crippen MR) is 136 cm³/mol. The molecule has 0 atom stereocenters. The Labute approximate surface area is 205 Å². The molecule has 35 heavy (non-hydrogen) atoms. The topological polar surface area (TPSA) is 84.8 Å². The van der Waals surface area contributed by atoms with Gasteiger partial charge in [0.05, 0.1) is 12.4 Å². The number of aromatic nitrogens is 4. The van der Waals surface area contributed by atoms with Gasteiger partial charge in [-0.1, -0.05) is 36.0 Å². The van der Waals surface area contributed by atoms with Gasteiger partial charge in [0.25, 0.3) is 0 Å². The van der Waals surface area contributed by atoms with Crippen LogP contribution in [0.25, 0.3) is 28.0 Å². The predicted octanol–water partition coefficient (Wildman–Crippen LogP) is 5.68. The third kappa shape index (κ3) is 4.90. The van der Waals surface area contributed by atoms with Crippen molar-refractivity contribution in [2.75, 3.05) is 17.7 Å². The lowest BCUT2D eigenvalue weighted by Crippen LogP contribution is -2.14. The normalized spacial score (nSPS) is 11.0. The molecule has 0 aliphatic heterocycles. The Hall–Kier alpha value is -4.11. The Morgan fingerprint density at radius 2 is 1.91 bits per heavy atom. The summed E-state index contributed by atoms with van der Waals surface area (Å²) in [4.78, 5) is 15.8. The van der Waals surface area contributed by atoms with Gasteiger partial charge in [0.2, 0.25) is 5.91 Å². The summed E-state index contributed by atoms with van der Waals surface area (Å²) in [5, 5.41) is 13.2. The van der Waals surface area contributed by atoms with Crippen LogP contribution in [0, 0.1) is 5.82 Å². The summed E-state index contributed by atoms with van der Waals surface area (Å²) in [6.07, 6.45) is 1.91. The Bertz CT molecular complexity index is 1480. The third-order valence-corrected chi connectivity index (χ3v) is 6.24. The average Bonchev–Trinajstić information content (AvgIpc) is 3.47. The fraction of sp³-hybridized carbons (Fsp3) is 0.115. The van der Waals surface area contributed by atoms with E-state index in [1.54, 1.807) is 12.1 Å². The lowest BCUT2D eigenvalue weighted by Gasteiger charge is -2.11. The van der Waals surface area contributed by atoms with E-state index in [0.29, 0.717) is 23.3 Å². The third-order valence-electron chi connectivity index (χ3n) is 5.31. The average molecular weight is 488 g/mol. The summed E-state index contributed by atoms with van der Waals surface area (Å²) in [5.74, 6) is 0.824. The summed E-state index contributed by atoms with van der Waals surface area (Å²) >= 11 is 1.25. The number of aromatic amines is 1. The molecule has 3 aromatic carbocycles. The molecule has 2 N–H and O–H groups in total. The molecule has 0 aliphatic carbocycles. The van der Waals surface area contributed by atoms with E-state index in [9.17, 15) is 9.18 Å². The molecule has 0 unspecified atom stereocenters. The van der Waals surface area contributed by atoms with Gasteiger partial charge in [0, 0.05) is 34.0 Å². The number of thioether (sulfide) groups is 1. The fourth-order valence-electron chi connectivity index (χ4n) is 3.78. The van der Waals surface area contributed by atoms with Gasteiger partial charge in [0.15, 0.2) is 11.0 Å². The molecule has 5 rings (SSSR count). The minimum Gasteiger partial charge on any atom is -0.494 e. The molecule has 0 saturated heterocycles. The van der Waals surface area contributed by atoms with Crippen LogP contribution in [-0.4, -0.2) is 38.0 Å². The molecule has 5 aromatic rings. The number of hydrogen-bond donors (Lipinski definition) is 2. The lowest BCUT2D eigenvalue weighted by atomic mass is 10.1. The smallest absolute Gasteiger partial charge is 0.234 e. The number of anilines is 1. The molecular weight excluding hydrogens is 465 g/mol. The van der Waals surface area contributed by atoms with E-state index in [2.05, 4.69) is 20.5 Å². The van der Waals surface area contributed by atoms with E-state index in [0.717, 1.165) is 27.9 Å². The van der Waals surface area contributed by atoms with Crippen molar-refractivity contribution in [3.63, 3.8) is 0 Å². The number of H-pyrrole nitrogens is 1. The van der Waals surface area contributed by atoms with Crippen molar-refractivity contribution in [2.24, 2.45) is 0 Å². The Kier molecular flexibility index (Phi) is 6.49. The first-order chi connectivity index (χ1) is 17.1. The molecule has 7 nitrogen and oxygen atoms in total. The van der Waals surface area contributed by atoms with Crippen LogP contribution in [0.5, 0.6) is 5.75 Å². The zero-order valence-electron chi connectivity index (χ0n) is 18.9. The number of fused-ring (bicyclic) bond motifs is 1. The van der Waals surface area contributed by atoms with E-state index in [1.807, 2.05) is 66.2 Å². The molecule has 0 bridgehead atoms. The first-order valence-electron chi connectivity index (χ1n) is 11.1. The van der Waals surface area contributed by atoms with Crippen LogP contribution in [0.4, 0.5) is 10.1 Å². The number of carbonyl (C=O) groups is 1. The van der Waals surface area contributed by atoms with Gasteiger partial charge in [-0.05, 0) is 55.5 Å². The molecule has 0 aliphatic rings. The van der Waals surface area contributed by atoms with Gasteiger partial charge >= 0.3 is 0 Å². The second-order valence-corrected chi connectivity index (χ2v) is 8.61. The van der Waals surface area contributed by atoms with Crippen LogP contribution in [0.1, 0.15) is 6.92 Å². The molecule has 0 spiro atoms. The van der Waals surface area contributed by atoms with Crippen LogP contribution >= 0.6 is 11.8 Å². The highest BCUT2D eigenvalue weighted by Crippen LogP contribution is 2.33. The highest BCUT2D eigenvalue weighted by atomic mass is 32.2. The van der Waals surface area contributed by atoms with E-state index in [-0.39, 0.29) is 11.7 Å². The maximum Gasteiger partial charge on any atom is 0.234 e. The van der Waals surface area contributed by atoms with Crippen molar-refractivity contribution >= 4 is 34.3 Å². The molecular formula is C26H22FN5O2S. The number of benzene rings is 3. The number of carbonyl (C=O) groups excluding carboxylic acids is 1. The number of nitrogens with zero attached hydrogens (tertiary/aromatic N) is 3. The van der Waals surface area contributed by atoms with Gasteiger partial charge in [-0.15, -0.1) is 10.2 Å². The maximum absolute atomic E-state index is 13.4. The number of halogens is 1. The van der Waals surface area contributed by atoms with Gasteiger partial charge < -0.3 is 15.0 Å². The van der Waals surface area contributed by atoms with E-state index >= 15 is 0 Å². The van der Waals surface area contributed by atoms with E-state index < -0.39 is 5.82 Å². The van der Waals surface area contributed by atoms with Crippen LogP contribution in [-0.2, 0) is 4.79 Å². The van der Waals surface area contributed by atoms with E-state index in [1.165, 1.54) is 23.9 Å². The summed E-state index contributed by atoms with van der Waals surface area (Å²) < 4.78 is 20.9. The molecule has 9 heteroatoms. The number of amides is 1.